The number of alkyl halides is 3. The van der Waals surface area contributed by atoms with Crippen LogP contribution in [0.2, 0.25) is 5.02 Å². The van der Waals surface area contributed by atoms with E-state index in [1.165, 1.54) is 6.33 Å². The average molecular weight is 515 g/mol. The number of aliphatic carboxylic acids is 1. The van der Waals surface area contributed by atoms with Crippen LogP contribution in [-0.4, -0.2) is 32.1 Å². The summed E-state index contributed by atoms with van der Waals surface area (Å²) in [6.07, 6.45) is -2.33. The highest BCUT2D eigenvalue weighted by atomic mass is 35.5. The summed E-state index contributed by atoms with van der Waals surface area (Å²) in [4.78, 5) is 23.8. The number of benzene rings is 2. The summed E-state index contributed by atoms with van der Waals surface area (Å²) >= 11 is 5.89. The zero-order chi connectivity index (χ0) is 25.7. The van der Waals surface area contributed by atoms with E-state index in [0.717, 1.165) is 11.6 Å². The van der Waals surface area contributed by atoms with Crippen LogP contribution in [0.3, 0.4) is 0 Å². The fraction of sp³-hybridized carbons (Fsp3) is 0.120. The van der Waals surface area contributed by atoms with Crippen LogP contribution < -0.4 is 10.1 Å². The summed E-state index contributed by atoms with van der Waals surface area (Å²) in [6, 6.07) is 17.2. The fourth-order valence-corrected chi connectivity index (χ4v) is 3.49. The molecule has 2 aromatic carbocycles. The largest absolute Gasteiger partial charge is 0.480 e. The smallest absolute Gasteiger partial charge is 0.417 e. The molecule has 0 aliphatic carbocycles. The number of halogens is 4. The Labute approximate surface area is 208 Å². The molecule has 36 heavy (non-hydrogen) atoms. The van der Waals surface area contributed by atoms with Crippen molar-refractivity contribution in [3.63, 3.8) is 0 Å². The predicted octanol–water partition coefficient (Wildman–Crippen LogP) is 6.11. The van der Waals surface area contributed by atoms with E-state index in [0.29, 0.717) is 29.0 Å². The lowest BCUT2D eigenvalue weighted by molar-refractivity contribution is -0.138. The van der Waals surface area contributed by atoms with Crippen molar-refractivity contribution in [3.05, 3.63) is 95.4 Å². The van der Waals surface area contributed by atoms with Gasteiger partial charge in [0.05, 0.1) is 11.3 Å². The number of carboxylic acid groups (broad SMARTS) is 1. The summed E-state index contributed by atoms with van der Waals surface area (Å²) in [7, 11) is 0. The molecule has 7 nitrogen and oxygen atoms in total. The SMILES string of the molecule is O=C(O)C(Cc1ccccc1)Nc1cc(-c2ccc(Oc3ncc(C(F)(F)F)cc3Cl)cc2)ncn1. The summed E-state index contributed by atoms with van der Waals surface area (Å²) in [5.74, 6) is -0.543. The second-order valence-corrected chi connectivity index (χ2v) is 8.06. The van der Waals surface area contributed by atoms with Crippen molar-refractivity contribution in [1.82, 2.24) is 15.0 Å². The normalized spacial score (nSPS) is 12.1. The van der Waals surface area contributed by atoms with Gasteiger partial charge in [-0.25, -0.2) is 19.7 Å². The first-order valence-corrected chi connectivity index (χ1v) is 10.9. The molecule has 4 rings (SSSR count). The topological polar surface area (TPSA) is 97.2 Å². The quantitative estimate of drug-likeness (QED) is 0.293. The molecule has 0 saturated carbocycles. The highest BCUT2D eigenvalue weighted by molar-refractivity contribution is 6.31. The lowest BCUT2D eigenvalue weighted by atomic mass is 10.1. The summed E-state index contributed by atoms with van der Waals surface area (Å²) in [6.45, 7) is 0. The van der Waals surface area contributed by atoms with Gasteiger partial charge in [0.2, 0.25) is 5.88 Å². The Balaban J connectivity index is 1.47. The number of nitrogens with zero attached hydrogens (tertiary/aromatic N) is 3. The van der Waals surface area contributed by atoms with Crippen LogP contribution >= 0.6 is 11.6 Å². The summed E-state index contributed by atoms with van der Waals surface area (Å²) < 4.78 is 43.9. The summed E-state index contributed by atoms with van der Waals surface area (Å²) in [5, 5.41) is 12.3. The van der Waals surface area contributed by atoms with Crippen molar-refractivity contribution in [2.45, 2.75) is 18.6 Å². The molecule has 2 heterocycles. The van der Waals surface area contributed by atoms with Gasteiger partial charge in [-0.3, -0.25) is 0 Å². The van der Waals surface area contributed by atoms with Crippen LogP contribution in [0.1, 0.15) is 11.1 Å². The molecule has 0 spiro atoms. The molecule has 0 amide bonds. The molecule has 0 bridgehead atoms. The number of carbonyl (C=O) groups is 1. The molecular weight excluding hydrogens is 497 g/mol. The number of ether oxygens (including phenoxy) is 1. The monoisotopic (exact) mass is 514 g/mol. The summed E-state index contributed by atoms with van der Waals surface area (Å²) in [5.41, 5.74) is 1.09. The highest BCUT2D eigenvalue weighted by Gasteiger charge is 2.31. The van der Waals surface area contributed by atoms with Crippen LogP contribution in [0.5, 0.6) is 11.6 Å². The van der Waals surface area contributed by atoms with Gasteiger partial charge in [-0.2, -0.15) is 13.2 Å². The van der Waals surface area contributed by atoms with Crippen molar-refractivity contribution < 1.29 is 27.8 Å². The average Bonchev–Trinajstić information content (AvgIpc) is 2.85. The molecule has 0 saturated heterocycles. The third kappa shape index (κ3) is 6.28. The van der Waals surface area contributed by atoms with E-state index < -0.39 is 23.8 Å². The van der Waals surface area contributed by atoms with Gasteiger partial charge in [0, 0.05) is 24.2 Å². The molecule has 0 aliphatic rings. The van der Waals surface area contributed by atoms with Gasteiger partial charge in [0.15, 0.2) is 0 Å². The van der Waals surface area contributed by atoms with Crippen LogP contribution in [0.25, 0.3) is 11.3 Å². The van der Waals surface area contributed by atoms with Gasteiger partial charge in [0.25, 0.3) is 0 Å². The predicted molar refractivity (Wildman–Crippen MR) is 127 cm³/mol. The second-order valence-electron chi connectivity index (χ2n) is 7.65. The lowest BCUT2D eigenvalue weighted by Gasteiger charge is -2.15. The number of hydrogen-bond donors (Lipinski definition) is 2. The number of carboxylic acids is 1. The lowest BCUT2D eigenvalue weighted by Crippen LogP contribution is -2.31. The number of rotatable bonds is 8. The van der Waals surface area contributed by atoms with Gasteiger partial charge in [-0.1, -0.05) is 41.9 Å². The van der Waals surface area contributed by atoms with Crippen molar-refractivity contribution in [2.75, 3.05) is 5.32 Å². The van der Waals surface area contributed by atoms with Gasteiger partial charge < -0.3 is 15.2 Å². The van der Waals surface area contributed by atoms with E-state index in [1.54, 1.807) is 30.3 Å². The molecule has 4 aromatic rings. The van der Waals surface area contributed by atoms with Crippen molar-refractivity contribution >= 4 is 23.4 Å². The first-order chi connectivity index (χ1) is 17.2. The minimum Gasteiger partial charge on any atom is -0.480 e. The molecule has 0 aliphatic heterocycles. The first kappa shape index (κ1) is 24.9. The minimum absolute atomic E-state index is 0.163. The van der Waals surface area contributed by atoms with Gasteiger partial charge in [-0.15, -0.1) is 0 Å². The van der Waals surface area contributed by atoms with Gasteiger partial charge >= 0.3 is 12.1 Å². The van der Waals surface area contributed by atoms with Crippen molar-refractivity contribution in [2.24, 2.45) is 0 Å². The first-order valence-electron chi connectivity index (χ1n) is 10.6. The minimum atomic E-state index is -4.56. The Hall–Kier alpha value is -4.18. The Morgan fingerprint density at radius 1 is 1.03 bits per heavy atom. The standard InChI is InChI=1S/C25H18ClF3N4O3/c26-19-11-17(25(27,28)29)13-30-23(19)36-18-8-6-16(7-9-18)20-12-22(32-14-31-20)33-21(24(34)35)10-15-4-2-1-3-5-15/h1-9,11-14,21H,10H2,(H,34,35)(H,31,32,33). The van der Waals surface area contributed by atoms with E-state index in [4.69, 9.17) is 16.3 Å². The maximum atomic E-state index is 12.8. The van der Waals surface area contributed by atoms with Crippen molar-refractivity contribution in [1.29, 1.82) is 0 Å². The Morgan fingerprint density at radius 2 is 1.75 bits per heavy atom. The number of anilines is 1. The molecule has 1 unspecified atom stereocenters. The maximum absolute atomic E-state index is 12.8. The molecule has 184 valence electrons. The van der Waals surface area contributed by atoms with E-state index in [1.807, 2.05) is 30.3 Å². The van der Waals surface area contributed by atoms with E-state index in [-0.39, 0.29) is 17.3 Å². The fourth-order valence-electron chi connectivity index (χ4n) is 3.28. The number of hydrogen-bond acceptors (Lipinski definition) is 6. The van der Waals surface area contributed by atoms with Crippen LogP contribution in [0.15, 0.2) is 79.3 Å². The second kappa shape index (κ2) is 10.6. The van der Waals surface area contributed by atoms with Crippen LogP contribution in [0.4, 0.5) is 19.0 Å². The third-order valence-corrected chi connectivity index (χ3v) is 5.34. The molecular formula is C25H18ClF3N4O3. The zero-order valence-corrected chi connectivity index (χ0v) is 19.2. The number of aromatic nitrogens is 3. The van der Waals surface area contributed by atoms with E-state index >= 15 is 0 Å². The molecule has 2 N–H and O–H groups in total. The van der Waals surface area contributed by atoms with Crippen LogP contribution in [0, 0.1) is 0 Å². The maximum Gasteiger partial charge on any atom is 0.417 e. The molecule has 11 heteroatoms. The highest BCUT2D eigenvalue weighted by Crippen LogP contribution is 2.35. The molecule has 1 atom stereocenters. The van der Waals surface area contributed by atoms with Gasteiger partial charge in [-0.05, 0) is 35.9 Å². The third-order valence-electron chi connectivity index (χ3n) is 5.07. The molecule has 0 radical (unpaired) electrons. The number of nitrogens with one attached hydrogen (secondary N) is 1. The zero-order valence-electron chi connectivity index (χ0n) is 18.4. The number of pyridine rings is 1. The Morgan fingerprint density at radius 3 is 2.39 bits per heavy atom. The molecule has 2 aromatic heterocycles. The van der Waals surface area contributed by atoms with E-state index in [2.05, 4.69) is 20.3 Å². The molecule has 0 fully saturated rings. The van der Waals surface area contributed by atoms with E-state index in [9.17, 15) is 23.1 Å². The Kier molecular flexibility index (Phi) is 7.35. The van der Waals surface area contributed by atoms with Gasteiger partial charge in [0.1, 0.15) is 29.0 Å². The Bertz CT molecular complexity index is 1350. The van der Waals surface area contributed by atoms with Crippen LogP contribution in [-0.2, 0) is 17.4 Å². The van der Waals surface area contributed by atoms with Crippen molar-refractivity contribution in [3.8, 4) is 22.9 Å².